The smallest absolute Gasteiger partial charge is 0.328 e. The number of carboxylic acids is 1. The number of methoxy groups -OCH3 is 1. The van der Waals surface area contributed by atoms with Crippen LogP contribution in [-0.2, 0) is 39.0 Å². The maximum atomic E-state index is 10.1. The van der Waals surface area contributed by atoms with Crippen LogP contribution in [0.3, 0.4) is 0 Å². The fourth-order valence-corrected chi connectivity index (χ4v) is 4.72. The summed E-state index contributed by atoms with van der Waals surface area (Å²) in [4.78, 5) is 20.1. The molecule has 0 radical (unpaired) electrons. The molecular weight excluding hydrogens is 598 g/mol. The van der Waals surface area contributed by atoms with Crippen molar-refractivity contribution >= 4 is 24.4 Å². The quantitative estimate of drug-likeness (QED) is 0.175. The summed E-state index contributed by atoms with van der Waals surface area (Å²) in [7, 11) is 7.11. The van der Waals surface area contributed by atoms with E-state index in [1.54, 1.807) is 56.6 Å². The van der Waals surface area contributed by atoms with E-state index in [2.05, 4.69) is 57.0 Å². The number of aryl methyl sites for hydroxylation is 3. The van der Waals surface area contributed by atoms with Crippen molar-refractivity contribution in [1.29, 1.82) is 0 Å². The molecule has 1 atom stereocenters. The van der Waals surface area contributed by atoms with Gasteiger partial charge in [-0.2, -0.15) is 15.3 Å². The Balaban J connectivity index is 0.000000214. The lowest BCUT2D eigenvalue weighted by molar-refractivity contribution is -0.131. The number of nitrogens with one attached hydrogen (secondary N) is 1. The molecular formula is C35H39N7O5. The van der Waals surface area contributed by atoms with Gasteiger partial charge in [-0.3, -0.25) is 18.8 Å². The molecule has 0 aliphatic carbocycles. The van der Waals surface area contributed by atoms with E-state index in [4.69, 9.17) is 14.6 Å². The van der Waals surface area contributed by atoms with E-state index in [1.807, 2.05) is 36.0 Å². The SMILES string of the molecule is COc1cc2c(cc1OCc1ccccc1)CCNC2/C=C/c1ccnn1C.Cn1nccc1/C=C/C(=O)O.Cn1nccc1C=O. The summed E-state index contributed by atoms with van der Waals surface area (Å²) in [6.45, 7) is 1.45. The van der Waals surface area contributed by atoms with Crippen molar-refractivity contribution in [2.24, 2.45) is 21.1 Å². The van der Waals surface area contributed by atoms with Crippen LogP contribution in [0.1, 0.15) is 44.6 Å². The number of rotatable bonds is 9. The topological polar surface area (TPSA) is 138 Å². The fraction of sp³-hybridized carbons (Fsp3) is 0.229. The van der Waals surface area contributed by atoms with Gasteiger partial charge >= 0.3 is 5.97 Å². The number of benzene rings is 2. The summed E-state index contributed by atoms with van der Waals surface area (Å²) < 4.78 is 16.7. The second-order valence-electron chi connectivity index (χ2n) is 10.4. The third kappa shape index (κ3) is 9.87. The van der Waals surface area contributed by atoms with Gasteiger partial charge < -0.3 is 19.9 Å². The van der Waals surface area contributed by atoms with E-state index >= 15 is 0 Å². The number of ether oxygens (including phenoxy) is 2. The Hall–Kier alpha value is -5.75. The highest BCUT2D eigenvalue weighted by Gasteiger charge is 2.21. The summed E-state index contributed by atoms with van der Waals surface area (Å²) in [5.41, 5.74) is 6.11. The molecule has 6 rings (SSSR count). The third-order valence-corrected chi connectivity index (χ3v) is 7.31. The summed E-state index contributed by atoms with van der Waals surface area (Å²) in [5, 5.41) is 23.7. The maximum Gasteiger partial charge on any atom is 0.328 e. The Morgan fingerprint density at radius 2 is 1.51 bits per heavy atom. The first kappa shape index (κ1) is 34.1. The summed E-state index contributed by atoms with van der Waals surface area (Å²) in [5.74, 6) is 0.602. The van der Waals surface area contributed by atoms with Gasteiger partial charge in [0.15, 0.2) is 17.8 Å². The molecule has 4 heterocycles. The minimum atomic E-state index is -0.953. The van der Waals surface area contributed by atoms with Gasteiger partial charge in [0.1, 0.15) is 12.3 Å². The van der Waals surface area contributed by atoms with E-state index < -0.39 is 5.97 Å². The lowest BCUT2D eigenvalue weighted by Crippen LogP contribution is -2.28. The van der Waals surface area contributed by atoms with Crippen LogP contribution in [0.25, 0.3) is 12.2 Å². The lowest BCUT2D eigenvalue weighted by atomic mass is 9.93. The van der Waals surface area contributed by atoms with Crippen molar-refractivity contribution in [3.05, 3.63) is 125 Å². The Bertz CT molecular complexity index is 1800. The maximum absolute atomic E-state index is 10.1. The van der Waals surface area contributed by atoms with E-state index in [0.717, 1.165) is 53.8 Å². The van der Waals surface area contributed by atoms with Crippen LogP contribution in [0.2, 0.25) is 0 Å². The zero-order valence-corrected chi connectivity index (χ0v) is 26.9. The first-order chi connectivity index (χ1) is 22.8. The molecule has 244 valence electrons. The number of aromatic nitrogens is 6. The van der Waals surface area contributed by atoms with Crippen LogP contribution in [0, 0.1) is 0 Å². The summed E-state index contributed by atoms with van der Waals surface area (Å²) in [6.07, 6.45) is 13.6. The Morgan fingerprint density at radius 1 is 0.894 bits per heavy atom. The number of hydrogen-bond donors (Lipinski definition) is 2. The Kier molecular flexibility index (Phi) is 12.4. The van der Waals surface area contributed by atoms with Gasteiger partial charge in [0.2, 0.25) is 0 Å². The Labute approximate surface area is 273 Å². The van der Waals surface area contributed by atoms with Crippen molar-refractivity contribution in [3.63, 3.8) is 0 Å². The van der Waals surface area contributed by atoms with Crippen LogP contribution >= 0.6 is 0 Å². The van der Waals surface area contributed by atoms with Crippen molar-refractivity contribution in [1.82, 2.24) is 34.7 Å². The van der Waals surface area contributed by atoms with Gasteiger partial charge in [-0.05, 0) is 65.6 Å². The number of nitrogens with zero attached hydrogens (tertiary/aromatic N) is 6. The summed E-state index contributed by atoms with van der Waals surface area (Å²) in [6, 6.07) is 19.9. The average Bonchev–Trinajstić information content (AvgIpc) is 3.82. The molecule has 12 heteroatoms. The highest BCUT2D eigenvalue weighted by Crippen LogP contribution is 2.36. The number of carbonyl (C=O) groups is 2. The largest absolute Gasteiger partial charge is 0.493 e. The molecule has 47 heavy (non-hydrogen) atoms. The van der Waals surface area contributed by atoms with Crippen LogP contribution < -0.4 is 14.8 Å². The number of fused-ring (bicyclic) bond motifs is 1. The predicted molar refractivity (Wildman–Crippen MR) is 179 cm³/mol. The van der Waals surface area contributed by atoms with Crippen LogP contribution in [0.15, 0.2) is 91.4 Å². The molecule has 1 aliphatic heterocycles. The molecule has 1 aliphatic rings. The van der Waals surface area contributed by atoms with E-state index in [-0.39, 0.29) is 6.04 Å². The lowest BCUT2D eigenvalue weighted by Gasteiger charge is -2.26. The van der Waals surface area contributed by atoms with E-state index in [9.17, 15) is 9.59 Å². The molecule has 3 aromatic heterocycles. The molecule has 0 bridgehead atoms. The van der Waals surface area contributed by atoms with Crippen molar-refractivity contribution in [3.8, 4) is 11.5 Å². The van der Waals surface area contributed by atoms with Gasteiger partial charge in [0.25, 0.3) is 0 Å². The first-order valence-electron chi connectivity index (χ1n) is 14.9. The molecule has 0 spiro atoms. The number of aldehydes is 1. The molecule has 0 saturated heterocycles. The van der Waals surface area contributed by atoms with Gasteiger partial charge in [-0.25, -0.2) is 4.79 Å². The number of aliphatic carboxylic acids is 1. The standard InChI is InChI=1S/C23H25N3O2.C7H8N2O2.C5H6N2O/c1-26-19(11-13-25-26)8-9-21-20-15-22(27-2)23(14-18(20)10-12-24-21)28-16-17-6-4-3-5-7-17;1-9-6(4-5-8-9)2-3-7(10)11;1-7-5(4-8)2-3-6-7/h3-9,11,13-15,21,24H,10,12,16H2,1-2H3;2-5H,1H3,(H,10,11);2-4H,1H3/b9-8+;3-2+;. The zero-order valence-electron chi connectivity index (χ0n) is 26.9. The van der Waals surface area contributed by atoms with Crippen molar-refractivity contribution in [2.75, 3.05) is 13.7 Å². The molecule has 0 saturated carbocycles. The average molecular weight is 638 g/mol. The fourth-order valence-electron chi connectivity index (χ4n) is 4.72. The minimum absolute atomic E-state index is 0.135. The molecule has 1 unspecified atom stereocenters. The van der Waals surface area contributed by atoms with Crippen molar-refractivity contribution in [2.45, 2.75) is 19.1 Å². The third-order valence-electron chi connectivity index (χ3n) is 7.31. The second kappa shape index (κ2) is 17.1. The highest BCUT2D eigenvalue weighted by atomic mass is 16.5. The van der Waals surface area contributed by atoms with Gasteiger partial charge in [-0.1, -0.05) is 36.4 Å². The van der Waals surface area contributed by atoms with Crippen LogP contribution in [-0.4, -0.2) is 60.4 Å². The number of carbonyl (C=O) groups excluding carboxylic acids is 1. The summed E-state index contributed by atoms with van der Waals surface area (Å²) >= 11 is 0. The van der Waals surface area contributed by atoms with E-state index in [0.29, 0.717) is 12.3 Å². The van der Waals surface area contributed by atoms with Gasteiger partial charge in [0.05, 0.1) is 24.5 Å². The molecule has 12 nitrogen and oxygen atoms in total. The molecule has 5 aromatic rings. The Morgan fingerprint density at radius 3 is 2.04 bits per heavy atom. The highest BCUT2D eigenvalue weighted by molar-refractivity contribution is 5.84. The number of carboxylic acid groups (broad SMARTS) is 1. The van der Waals surface area contributed by atoms with Gasteiger partial charge in [0, 0.05) is 52.4 Å². The molecule has 0 amide bonds. The monoisotopic (exact) mass is 637 g/mol. The van der Waals surface area contributed by atoms with Crippen molar-refractivity contribution < 1.29 is 24.2 Å². The normalized spacial score (nSPS) is 13.7. The minimum Gasteiger partial charge on any atom is -0.493 e. The second-order valence-corrected chi connectivity index (χ2v) is 10.4. The predicted octanol–water partition coefficient (Wildman–Crippen LogP) is 4.66. The first-order valence-corrected chi connectivity index (χ1v) is 14.9. The molecule has 0 fully saturated rings. The van der Waals surface area contributed by atoms with E-state index in [1.165, 1.54) is 21.9 Å². The molecule has 2 N–H and O–H groups in total. The van der Waals surface area contributed by atoms with Gasteiger partial charge in [-0.15, -0.1) is 0 Å². The van der Waals surface area contributed by atoms with Crippen LogP contribution in [0.4, 0.5) is 0 Å². The van der Waals surface area contributed by atoms with Crippen LogP contribution in [0.5, 0.6) is 11.5 Å². The zero-order chi connectivity index (χ0) is 33.6. The number of hydrogen-bond acceptors (Lipinski definition) is 8. The molecule has 2 aromatic carbocycles.